The van der Waals surface area contributed by atoms with E-state index in [0.717, 1.165) is 11.3 Å². The summed E-state index contributed by atoms with van der Waals surface area (Å²) in [5.74, 6) is 0.819. The number of carbonyl (C=O) groups excluding carboxylic acids is 1. The van der Waals surface area contributed by atoms with Gasteiger partial charge in [-0.1, -0.05) is 11.6 Å². The second kappa shape index (κ2) is 8.53. The highest BCUT2D eigenvalue weighted by Crippen LogP contribution is 2.27. The van der Waals surface area contributed by atoms with Crippen molar-refractivity contribution in [3.8, 4) is 22.8 Å². The van der Waals surface area contributed by atoms with Gasteiger partial charge in [0, 0.05) is 23.0 Å². The van der Waals surface area contributed by atoms with Gasteiger partial charge in [-0.25, -0.2) is 4.52 Å². The van der Waals surface area contributed by atoms with E-state index in [1.54, 1.807) is 37.6 Å². The Kier molecular flexibility index (Phi) is 5.64. The summed E-state index contributed by atoms with van der Waals surface area (Å²) in [5.41, 5.74) is 1.96. The van der Waals surface area contributed by atoms with Gasteiger partial charge >= 0.3 is 0 Å². The van der Waals surface area contributed by atoms with Gasteiger partial charge < -0.3 is 19.4 Å². The van der Waals surface area contributed by atoms with Crippen molar-refractivity contribution in [3.63, 3.8) is 0 Å². The zero-order valence-corrected chi connectivity index (χ0v) is 17.6. The number of amides is 1. The molecule has 0 bridgehead atoms. The van der Waals surface area contributed by atoms with E-state index in [1.807, 2.05) is 24.3 Å². The normalized spacial score (nSPS) is 10.8. The molecule has 2 aromatic heterocycles. The minimum Gasteiger partial charge on any atom is -0.497 e. The van der Waals surface area contributed by atoms with E-state index in [2.05, 4.69) is 10.4 Å². The molecule has 158 valence electrons. The highest BCUT2D eigenvalue weighted by atomic mass is 35.5. The Morgan fingerprint density at radius 1 is 1.06 bits per heavy atom. The van der Waals surface area contributed by atoms with Crippen molar-refractivity contribution < 1.29 is 14.3 Å². The fourth-order valence-electron chi connectivity index (χ4n) is 3.18. The van der Waals surface area contributed by atoms with E-state index in [4.69, 9.17) is 21.1 Å². The van der Waals surface area contributed by atoms with Crippen molar-refractivity contribution in [2.75, 3.05) is 19.5 Å². The Morgan fingerprint density at radius 2 is 1.84 bits per heavy atom. The van der Waals surface area contributed by atoms with Crippen LogP contribution in [0.15, 0.2) is 65.7 Å². The van der Waals surface area contributed by atoms with E-state index >= 15 is 0 Å². The van der Waals surface area contributed by atoms with Crippen molar-refractivity contribution >= 4 is 28.7 Å². The van der Waals surface area contributed by atoms with Crippen LogP contribution in [0.3, 0.4) is 0 Å². The summed E-state index contributed by atoms with van der Waals surface area (Å²) in [6.45, 7) is -0.173. The van der Waals surface area contributed by atoms with Crippen molar-refractivity contribution in [2.45, 2.75) is 6.54 Å². The molecule has 2 aromatic carbocycles. The molecule has 4 rings (SSSR count). The van der Waals surface area contributed by atoms with Crippen LogP contribution in [0.4, 0.5) is 5.69 Å². The molecule has 0 atom stereocenters. The average Bonchev–Trinajstić information content (AvgIpc) is 3.21. The molecule has 0 saturated heterocycles. The summed E-state index contributed by atoms with van der Waals surface area (Å²) in [6, 6.07) is 14.0. The van der Waals surface area contributed by atoms with Gasteiger partial charge in [-0.3, -0.25) is 9.59 Å². The van der Waals surface area contributed by atoms with Gasteiger partial charge in [0.1, 0.15) is 23.6 Å². The lowest BCUT2D eigenvalue weighted by atomic mass is 10.1. The fraction of sp³-hybridized carbons (Fsp3) is 0.136. The van der Waals surface area contributed by atoms with E-state index in [-0.39, 0.29) is 18.0 Å². The first-order valence-corrected chi connectivity index (χ1v) is 9.73. The molecule has 0 aliphatic carbocycles. The van der Waals surface area contributed by atoms with Crippen LogP contribution in [-0.4, -0.2) is 34.3 Å². The summed E-state index contributed by atoms with van der Waals surface area (Å²) in [4.78, 5) is 25.4. The first kappa shape index (κ1) is 20.5. The number of aromatic nitrogens is 3. The van der Waals surface area contributed by atoms with Crippen molar-refractivity contribution in [3.05, 3.63) is 76.3 Å². The number of anilines is 1. The number of ether oxygens (including phenoxy) is 2. The molecule has 1 N–H and O–H groups in total. The van der Waals surface area contributed by atoms with Gasteiger partial charge in [0.15, 0.2) is 0 Å². The average molecular weight is 439 g/mol. The van der Waals surface area contributed by atoms with Gasteiger partial charge in [0.2, 0.25) is 5.91 Å². The number of halogens is 1. The molecule has 0 fully saturated rings. The number of methoxy groups -OCH3 is 2. The number of hydrogen-bond acceptors (Lipinski definition) is 5. The maximum Gasteiger partial charge on any atom is 0.277 e. The second-order valence-electron chi connectivity index (χ2n) is 6.71. The van der Waals surface area contributed by atoms with E-state index in [9.17, 15) is 9.59 Å². The van der Waals surface area contributed by atoms with Crippen molar-refractivity contribution in [1.82, 2.24) is 14.2 Å². The van der Waals surface area contributed by atoms with Crippen LogP contribution in [0.5, 0.6) is 11.5 Å². The van der Waals surface area contributed by atoms with Gasteiger partial charge in [0.25, 0.3) is 5.56 Å². The predicted octanol–water partition coefficient (Wildman–Crippen LogP) is 3.47. The third-order valence-electron chi connectivity index (χ3n) is 4.74. The second-order valence-corrected chi connectivity index (χ2v) is 7.15. The standard InChI is InChI=1S/C22H19ClN4O4/c1-30-16-6-3-14(4-7-16)17-12-19-22(29)26(9-10-27(19)25-17)13-21(28)24-18-11-15(23)5-8-20(18)31-2/h3-12H,13H2,1-2H3,(H,24,28). The fourth-order valence-corrected chi connectivity index (χ4v) is 3.35. The summed E-state index contributed by atoms with van der Waals surface area (Å²) in [5, 5.41) is 7.63. The van der Waals surface area contributed by atoms with E-state index < -0.39 is 0 Å². The smallest absolute Gasteiger partial charge is 0.277 e. The van der Waals surface area contributed by atoms with Crippen LogP contribution in [0.2, 0.25) is 5.02 Å². The monoisotopic (exact) mass is 438 g/mol. The number of hydrogen-bond donors (Lipinski definition) is 1. The number of rotatable bonds is 6. The Labute approximate surface area is 182 Å². The minimum atomic E-state index is -0.387. The van der Waals surface area contributed by atoms with Gasteiger partial charge in [0.05, 0.1) is 25.6 Å². The molecule has 0 saturated carbocycles. The minimum absolute atomic E-state index is 0.173. The van der Waals surface area contributed by atoms with Crippen LogP contribution in [0, 0.1) is 0 Å². The highest BCUT2D eigenvalue weighted by molar-refractivity contribution is 6.31. The molecule has 1 amide bonds. The summed E-state index contributed by atoms with van der Waals surface area (Å²) in [7, 11) is 3.10. The van der Waals surface area contributed by atoms with E-state index in [0.29, 0.717) is 27.7 Å². The molecular weight excluding hydrogens is 420 g/mol. The lowest BCUT2D eigenvalue weighted by Crippen LogP contribution is -2.28. The molecule has 9 heteroatoms. The Hall–Kier alpha value is -3.78. The van der Waals surface area contributed by atoms with Gasteiger partial charge in [-0.15, -0.1) is 0 Å². The molecular formula is C22H19ClN4O4. The van der Waals surface area contributed by atoms with Crippen LogP contribution in [0.1, 0.15) is 0 Å². The molecule has 31 heavy (non-hydrogen) atoms. The summed E-state index contributed by atoms with van der Waals surface area (Å²) in [6.07, 6.45) is 3.16. The molecule has 0 unspecified atom stereocenters. The highest BCUT2D eigenvalue weighted by Gasteiger charge is 2.13. The zero-order chi connectivity index (χ0) is 22.0. The van der Waals surface area contributed by atoms with Crippen molar-refractivity contribution in [2.24, 2.45) is 0 Å². The third kappa shape index (κ3) is 4.24. The number of nitrogens with one attached hydrogen (secondary N) is 1. The molecule has 2 heterocycles. The number of benzene rings is 2. The number of nitrogens with zero attached hydrogens (tertiary/aromatic N) is 3. The van der Waals surface area contributed by atoms with Crippen LogP contribution >= 0.6 is 11.6 Å². The maximum atomic E-state index is 12.9. The first-order chi connectivity index (χ1) is 15.0. The van der Waals surface area contributed by atoms with E-state index in [1.165, 1.54) is 22.4 Å². The Balaban J connectivity index is 1.58. The zero-order valence-electron chi connectivity index (χ0n) is 16.8. The van der Waals surface area contributed by atoms with Crippen molar-refractivity contribution in [1.29, 1.82) is 0 Å². The molecule has 0 aliphatic rings. The molecule has 4 aromatic rings. The lowest BCUT2D eigenvalue weighted by Gasteiger charge is -2.11. The van der Waals surface area contributed by atoms with Gasteiger partial charge in [-0.05, 0) is 48.5 Å². The molecule has 0 radical (unpaired) electrons. The van der Waals surface area contributed by atoms with Gasteiger partial charge in [-0.2, -0.15) is 5.10 Å². The molecule has 8 nitrogen and oxygen atoms in total. The third-order valence-corrected chi connectivity index (χ3v) is 4.97. The quantitative estimate of drug-likeness (QED) is 0.498. The molecule has 0 spiro atoms. The topological polar surface area (TPSA) is 86.9 Å². The van der Waals surface area contributed by atoms with Crippen LogP contribution < -0.4 is 20.3 Å². The van der Waals surface area contributed by atoms with Crippen LogP contribution in [-0.2, 0) is 11.3 Å². The first-order valence-electron chi connectivity index (χ1n) is 9.35. The lowest BCUT2D eigenvalue weighted by molar-refractivity contribution is -0.116. The largest absolute Gasteiger partial charge is 0.497 e. The Morgan fingerprint density at radius 3 is 2.55 bits per heavy atom. The predicted molar refractivity (Wildman–Crippen MR) is 118 cm³/mol. The number of fused-ring (bicyclic) bond motifs is 1. The summed E-state index contributed by atoms with van der Waals surface area (Å²) >= 11 is 6.00. The number of carbonyl (C=O) groups is 1. The van der Waals surface area contributed by atoms with Crippen LogP contribution in [0.25, 0.3) is 16.8 Å². The SMILES string of the molecule is COc1ccc(-c2cc3c(=O)n(CC(=O)Nc4cc(Cl)ccc4OC)ccn3n2)cc1. The summed E-state index contributed by atoms with van der Waals surface area (Å²) < 4.78 is 13.2. The Bertz CT molecular complexity index is 1310. The molecule has 0 aliphatic heterocycles. The maximum absolute atomic E-state index is 12.9.